The molecule has 1 aliphatic heterocycles. The third kappa shape index (κ3) is 5.38. The second-order valence-electron chi connectivity index (χ2n) is 9.88. The van der Waals surface area contributed by atoms with Gasteiger partial charge in [-0.3, -0.25) is 14.5 Å². The van der Waals surface area contributed by atoms with Crippen LogP contribution in [0.5, 0.6) is 0 Å². The normalized spacial score (nSPS) is 19.1. The Morgan fingerprint density at radius 1 is 1.00 bits per heavy atom. The Labute approximate surface area is 152 Å². The summed E-state index contributed by atoms with van der Waals surface area (Å²) in [5.74, 6) is -0.220. The molecule has 1 aromatic heterocycles. The smallest absolute Gasteiger partial charge is 0.233 e. The van der Waals surface area contributed by atoms with E-state index in [0.29, 0.717) is 6.42 Å². The molecule has 0 N–H and O–H groups in total. The molecule has 25 heavy (non-hydrogen) atoms. The summed E-state index contributed by atoms with van der Waals surface area (Å²) in [7, 11) is 1.55. The van der Waals surface area contributed by atoms with Gasteiger partial charge >= 0.3 is 0 Å². The SMILES string of the molecule is CC(C)(C)c1cn(C(C)(C)C)nn1.CN1C(=O)CC(C(C)(C)C)C1=O. The first-order valence-electron chi connectivity index (χ1n) is 8.79. The van der Waals surface area contributed by atoms with Crippen molar-refractivity contribution in [3.05, 3.63) is 11.9 Å². The van der Waals surface area contributed by atoms with E-state index in [4.69, 9.17) is 0 Å². The van der Waals surface area contributed by atoms with Crippen LogP contribution in [0.1, 0.15) is 74.4 Å². The molecule has 2 amide bonds. The summed E-state index contributed by atoms with van der Waals surface area (Å²) in [4.78, 5) is 23.8. The van der Waals surface area contributed by atoms with E-state index >= 15 is 0 Å². The minimum atomic E-state index is -0.130. The lowest BCUT2D eigenvalue weighted by molar-refractivity contribution is -0.138. The highest BCUT2D eigenvalue weighted by Crippen LogP contribution is 2.34. The van der Waals surface area contributed by atoms with Crippen molar-refractivity contribution in [1.29, 1.82) is 0 Å². The van der Waals surface area contributed by atoms with Crippen LogP contribution in [-0.2, 0) is 20.5 Å². The van der Waals surface area contributed by atoms with E-state index in [1.54, 1.807) is 7.05 Å². The minimum absolute atomic E-state index is 0.0243. The molecule has 142 valence electrons. The van der Waals surface area contributed by atoms with Crippen LogP contribution in [0.4, 0.5) is 0 Å². The molecule has 6 nitrogen and oxygen atoms in total. The summed E-state index contributed by atoms with van der Waals surface area (Å²) in [5, 5.41) is 8.29. The van der Waals surface area contributed by atoms with Crippen molar-refractivity contribution in [2.45, 2.75) is 79.7 Å². The van der Waals surface area contributed by atoms with Gasteiger partial charge in [0.2, 0.25) is 11.8 Å². The Hall–Kier alpha value is -1.72. The average Bonchev–Trinajstić information content (AvgIpc) is 2.99. The van der Waals surface area contributed by atoms with Gasteiger partial charge in [-0.25, -0.2) is 4.68 Å². The Morgan fingerprint density at radius 3 is 1.72 bits per heavy atom. The maximum atomic E-state index is 11.5. The highest BCUT2D eigenvalue weighted by Gasteiger charge is 2.42. The van der Waals surface area contributed by atoms with Gasteiger partial charge in [0.1, 0.15) is 0 Å². The Kier molecular flexibility index (Phi) is 5.87. The number of rotatable bonds is 0. The monoisotopic (exact) mass is 350 g/mol. The minimum Gasteiger partial charge on any atom is -0.285 e. The van der Waals surface area contributed by atoms with Crippen molar-refractivity contribution >= 4 is 11.8 Å². The van der Waals surface area contributed by atoms with Gasteiger partial charge in [0, 0.05) is 25.1 Å². The predicted molar refractivity (Wildman–Crippen MR) is 99.1 cm³/mol. The number of hydrogen-bond acceptors (Lipinski definition) is 4. The van der Waals surface area contributed by atoms with Gasteiger partial charge < -0.3 is 0 Å². The molecule has 1 atom stereocenters. The summed E-state index contributed by atoms with van der Waals surface area (Å²) in [6, 6.07) is 0. The summed E-state index contributed by atoms with van der Waals surface area (Å²) < 4.78 is 1.91. The second kappa shape index (κ2) is 6.89. The fourth-order valence-corrected chi connectivity index (χ4v) is 2.37. The quantitative estimate of drug-likeness (QED) is 0.673. The zero-order chi connectivity index (χ0) is 19.8. The average molecular weight is 351 g/mol. The van der Waals surface area contributed by atoms with E-state index in [0.717, 1.165) is 5.69 Å². The molecule has 2 heterocycles. The van der Waals surface area contributed by atoms with Crippen molar-refractivity contribution in [2.24, 2.45) is 11.3 Å². The number of imide groups is 1. The van der Waals surface area contributed by atoms with E-state index in [1.165, 1.54) is 4.90 Å². The number of carbonyl (C=O) groups is 2. The van der Waals surface area contributed by atoms with E-state index in [1.807, 2.05) is 31.6 Å². The second-order valence-corrected chi connectivity index (χ2v) is 9.88. The first-order chi connectivity index (χ1) is 11.0. The van der Waals surface area contributed by atoms with Crippen LogP contribution in [-0.4, -0.2) is 38.8 Å². The van der Waals surface area contributed by atoms with Crippen LogP contribution in [0, 0.1) is 11.3 Å². The first kappa shape index (κ1) is 21.3. The Bertz CT molecular complexity index is 599. The highest BCUT2D eigenvalue weighted by atomic mass is 16.2. The number of amides is 2. The molecule has 1 aliphatic rings. The number of likely N-dealkylation sites (tertiary alicyclic amines) is 1. The standard InChI is InChI=1S/C10H19N3.C9H15NO2/c1-9(2,3)8-7-13(12-11-8)10(4,5)6;1-9(2,3)6-5-7(11)10(4)8(6)12/h7H,1-6H3;6H,5H2,1-4H3. The predicted octanol–water partition coefficient (Wildman–Crippen LogP) is 3.37. The molecule has 1 aromatic rings. The molecule has 0 radical (unpaired) electrons. The summed E-state index contributed by atoms with van der Waals surface area (Å²) >= 11 is 0. The van der Waals surface area contributed by atoms with Crippen molar-refractivity contribution in [3.63, 3.8) is 0 Å². The van der Waals surface area contributed by atoms with Crippen molar-refractivity contribution < 1.29 is 9.59 Å². The van der Waals surface area contributed by atoms with Gasteiger partial charge in [0.25, 0.3) is 0 Å². The first-order valence-corrected chi connectivity index (χ1v) is 8.79. The van der Waals surface area contributed by atoms with Crippen molar-refractivity contribution in [3.8, 4) is 0 Å². The van der Waals surface area contributed by atoms with E-state index < -0.39 is 0 Å². The molecule has 1 fully saturated rings. The fraction of sp³-hybridized carbons (Fsp3) is 0.789. The molecule has 0 bridgehead atoms. The van der Waals surface area contributed by atoms with Crippen LogP contribution >= 0.6 is 0 Å². The molecular formula is C19H34N4O2. The van der Waals surface area contributed by atoms with Gasteiger partial charge in [-0.1, -0.05) is 46.8 Å². The van der Waals surface area contributed by atoms with E-state index in [2.05, 4.69) is 51.9 Å². The van der Waals surface area contributed by atoms with E-state index in [-0.39, 0.29) is 34.1 Å². The van der Waals surface area contributed by atoms with Gasteiger partial charge in [-0.05, 0) is 26.2 Å². The number of aromatic nitrogens is 3. The molecule has 0 aliphatic carbocycles. The van der Waals surface area contributed by atoms with Gasteiger partial charge in [-0.2, -0.15) is 0 Å². The lowest BCUT2D eigenvalue weighted by Gasteiger charge is -2.23. The molecule has 0 spiro atoms. The van der Waals surface area contributed by atoms with Crippen molar-refractivity contribution in [2.75, 3.05) is 7.05 Å². The van der Waals surface area contributed by atoms with E-state index in [9.17, 15) is 9.59 Å². The molecule has 0 saturated carbocycles. The van der Waals surface area contributed by atoms with Crippen LogP contribution in [0.25, 0.3) is 0 Å². The van der Waals surface area contributed by atoms with Gasteiger partial charge in [0.15, 0.2) is 0 Å². The number of carbonyl (C=O) groups excluding carboxylic acids is 2. The van der Waals surface area contributed by atoms with Crippen LogP contribution in [0.3, 0.4) is 0 Å². The zero-order valence-corrected chi connectivity index (χ0v) is 17.5. The third-order valence-electron chi connectivity index (χ3n) is 4.38. The Balaban J connectivity index is 0.000000251. The largest absolute Gasteiger partial charge is 0.285 e. The Morgan fingerprint density at radius 2 is 1.52 bits per heavy atom. The van der Waals surface area contributed by atoms with Crippen molar-refractivity contribution in [1.82, 2.24) is 19.9 Å². The number of nitrogens with zero attached hydrogens (tertiary/aromatic N) is 4. The number of hydrogen-bond donors (Lipinski definition) is 0. The van der Waals surface area contributed by atoms with Gasteiger partial charge in [0.05, 0.1) is 17.2 Å². The molecule has 1 unspecified atom stereocenters. The van der Waals surface area contributed by atoms with Crippen LogP contribution < -0.4 is 0 Å². The zero-order valence-electron chi connectivity index (χ0n) is 17.5. The third-order valence-corrected chi connectivity index (χ3v) is 4.38. The highest BCUT2D eigenvalue weighted by molar-refractivity contribution is 6.03. The molecule has 1 saturated heterocycles. The summed E-state index contributed by atoms with van der Waals surface area (Å²) in [6.07, 6.45) is 2.40. The summed E-state index contributed by atoms with van der Waals surface area (Å²) in [5.41, 5.74) is 1.06. The maximum Gasteiger partial charge on any atom is 0.233 e. The lowest BCUT2D eigenvalue weighted by Crippen LogP contribution is -2.30. The van der Waals surface area contributed by atoms with Gasteiger partial charge in [-0.15, -0.1) is 5.10 Å². The lowest BCUT2D eigenvalue weighted by atomic mass is 9.80. The topological polar surface area (TPSA) is 68.1 Å². The molecular weight excluding hydrogens is 316 g/mol. The molecule has 6 heteroatoms. The molecule has 2 rings (SSSR count). The maximum absolute atomic E-state index is 11.5. The summed E-state index contributed by atoms with van der Waals surface area (Å²) in [6.45, 7) is 18.8. The van der Waals surface area contributed by atoms with Crippen LogP contribution in [0.2, 0.25) is 0 Å². The fourth-order valence-electron chi connectivity index (χ4n) is 2.37. The molecule has 0 aromatic carbocycles. The van der Waals surface area contributed by atoms with Crippen LogP contribution in [0.15, 0.2) is 6.20 Å².